The van der Waals surface area contributed by atoms with E-state index in [0.717, 1.165) is 11.3 Å². The molecule has 2 aromatic carbocycles. The lowest BCUT2D eigenvalue weighted by molar-refractivity contribution is -0.144. The van der Waals surface area contributed by atoms with Gasteiger partial charge in [-0.1, -0.05) is 48.5 Å². The van der Waals surface area contributed by atoms with Crippen molar-refractivity contribution < 1.29 is 14.3 Å². The predicted octanol–water partition coefficient (Wildman–Crippen LogP) is 3.13. The smallest absolute Gasteiger partial charge is 0.329 e. The molecule has 1 N–H and O–H groups in total. The number of benzene rings is 2. The lowest BCUT2D eigenvalue weighted by atomic mass is 10.1. The van der Waals surface area contributed by atoms with Crippen LogP contribution in [0, 0.1) is 0 Å². The van der Waals surface area contributed by atoms with Gasteiger partial charge < -0.3 is 10.1 Å². The molecule has 0 fully saturated rings. The van der Waals surface area contributed by atoms with Gasteiger partial charge in [-0.3, -0.25) is 4.79 Å². The molecule has 0 spiro atoms. The summed E-state index contributed by atoms with van der Waals surface area (Å²) in [5.41, 5.74) is 2.53. The van der Waals surface area contributed by atoms with Gasteiger partial charge in [0.1, 0.15) is 11.7 Å². The number of amides is 1. The summed E-state index contributed by atoms with van der Waals surface area (Å²) in [5, 5.41) is 7.31. The molecular formula is C21H21N3O3S. The highest BCUT2D eigenvalue weighted by molar-refractivity contribution is 7.80. The zero-order valence-corrected chi connectivity index (χ0v) is 16.3. The zero-order valence-electron chi connectivity index (χ0n) is 15.4. The van der Waals surface area contributed by atoms with E-state index in [1.807, 2.05) is 60.7 Å². The lowest BCUT2D eigenvalue weighted by Gasteiger charge is -2.14. The number of carbonyl (C=O) groups is 2. The van der Waals surface area contributed by atoms with Crippen molar-refractivity contribution in [3.63, 3.8) is 0 Å². The molecule has 0 saturated heterocycles. The minimum absolute atomic E-state index is 0.137. The first-order valence-electron chi connectivity index (χ1n) is 8.93. The van der Waals surface area contributed by atoms with Gasteiger partial charge in [0.2, 0.25) is 0 Å². The minimum Gasteiger partial charge on any atom is -0.464 e. The normalized spacial score (nSPS) is 11.6. The molecule has 3 rings (SSSR count). The molecule has 7 heteroatoms. The van der Waals surface area contributed by atoms with Crippen molar-refractivity contribution in [3.05, 3.63) is 72.4 Å². The van der Waals surface area contributed by atoms with Crippen LogP contribution in [0.3, 0.4) is 0 Å². The Morgan fingerprint density at radius 1 is 1.11 bits per heavy atom. The highest BCUT2D eigenvalue weighted by atomic mass is 32.1. The maximum absolute atomic E-state index is 13.0. The van der Waals surface area contributed by atoms with Gasteiger partial charge in [-0.15, -0.1) is 0 Å². The second-order valence-electron chi connectivity index (χ2n) is 6.00. The van der Waals surface area contributed by atoms with E-state index < -0.39 is 17.9 Å². The van der Waals surface area contributed by atoms with Gasteiger partial charge in [0.25, 0.3) is 5.91 Å². The van der Waals surface area contributed by atoms with E-state index in [1.165, 1.54) is 0 Å². The van der Waals surface area contributed by atoms with Crippen molar-refractivity contribution in [1.29, 1.82) is 0 Å². The van der Waals surface area contributed by atoms with Gasteiger partial charge >= 0.3 is 5.97 Å². The predicted molar refractivity (Wildman–Crippen MR) is 111 cm³/mol. The molecule has 144 valence electrons. The van der Waals surface area contributed by atoms with Crippen LogP contribution in [-0.4, -0.2) is 40.1 Å². The Hall–Kier alpha value is -3.06. The number of hydrogen-bond donors (Lipinski definition) is 2. The van der Waals surface area contributed by atoms with Gasteiger partial charge in [0.05, 0.1) is 17.9 Å². The van der Waals surface area contributed by atoms with Crippen LogP contribution in [0.15, 0.2) is 66.9 Å². The summed E-state index contributed by atoms with van der Waals surface area (Å²) in [5.74, 6) is -0.784. The Morgan fingerprint density at radius 2 is 1.75 bits per heavy atom. The van der Waals surface area contributed by atoms with Crippen molar-refractivity contribution >= 4 is 24.5 Å². The van der Waals surface area contributed by atoms with Crippen LogP contribution in [0.2, 0.25) is 0 Å². The lowest BCUT2D eigenvalue weighted by Crippen LogP contribution is -2.43. The van der Waals surface area contributed by atoms with Crippen molar-refractivity contribution in [1.82, 2.24) is 15.1 Å². The Labute approximate surface area is 168 Å². The molecule has 1 heterocycles. The third-order valence-electron chi connectivity index (χ3n) is 4.09. The molecule has 28 heavy (non-hydrogen) atoms. The molecule has 6 nitrogen and oxygen atoms in total. The number of esters is 1. The number of thiol groups is 1. The molecule has 0 aliphatic carbocycles. The van der Waals surface area contributed by atoms with Crippen LogP contribution in [0.25, 0.3) is 16.9 Å². The van der Waals surface area contributed by atoms with E-state index in [1.54, 1.807) is 17.8 Å². The van der Waals surface area contributed by atoms with E-state index in [9.17, 15) is 9.59 Å². The minimum atomic E-state index is -0.834. The molecular weight excluding hydrogens is 374 g/mol. The van der Waals surface area contributed by atoms with Crippen LogP contribution >= 0.6 is 12.6 Å². The second-order valence-corrected chi connectivity index (χ2v) is 6.36. The third kappa shape index (κ3) is 4.43. The molecule has 0 saturated carbocycles. The average molecular weight is 395 g/mol. The SMILES string of the molecule is CCOC(=O)[C@H](CS)NC(=O)c1cn(-c2ccccc2)nc1-c1ccccc1. The molecule has 1 aromatic heterocycles. The van der Waals surface area contributed by atoms with E-state index >= 15 is 0 Å². The van der Waals surface area contributed by atoms with Crippen molar-refractivity contribution in [3.8, 4) is 16.9 Å². The Morgan fingerprint density at radius 3 is 2.36 bits per heavy atom. The van der Waals surface area contributed by atoms with E-state index in [-0.39, 0.29) is 12.4 Å². The molecule has 0 aliphatic rings. The van der Waals surface area contributed by atoms with Gasteiger partial charge in [0, 0.05) is 17.5 Å². The maximum atomic E-state index is 13.0. The molecule has 0 aliphatic heterocycles. The summed E-state index contributed by atoms with van der Waals surface area (Å²) in [6, 6.07) is 18.1. The summed E-state index contributed by atoms with van der Waals surface area (Å²) < 4.78 is 6.65. The van der Waals surface area contributed by atoms with Gasteiger partial charge in [-0.2, -0.15) is 17.7 Å². The zero-order chi connectivity index (χ0) is 19.9. The molecule has 0 bridgehead atoms. The number of para-hydroxylation sites is 1. The van der Waals surface area contributed by atoms with Crippen LogP contribution in [0.1, 0.15) is 17.3 Å². The number of aromatic nitrogens is 2. The maximum Gasteiger partial charge on any atom is 0.329 e. The highest BCUT2D eigenvalue weighted by Gasteiger charge is 2.25. The molecule has 0 radical (unpaired) electrons. The van der Waals surface area contributed by atoms with E-state index in [4.69, 9.17) is 4.74 Å². The van der Waals surface area contributed by atoms with Crippen molar-refractivity contribution in [2.75, 3.05) is 12.4 Å². The van der Waals surface area contributed by atoms with Gasteiger partial charge in [-0.25, -0.2) is 9.48 Å². The summed E-state index contributed by atoms with van der Waals surface area (Å²) in [4.78, 5) is 25.0. The number of nitrogens with zero attached hydrogens (tertiary/aromatic N) is 2. The summed E-state index contributed by atoms with van der Waals surface area (Å²) in [7, 11) is 0. The molecule has 1 atom stereocenters. The Kier molecular flexibility index (Phi) is 6.49. The summed E-state index contributed by atoms with van der Waals surface area (Å²) in [6.45, 7) is 1.95. The number of hydrogen-bond acceptors (Lipinski definition) is 5. The third-order valence-corrected chi connectivity index (χ3v) is 4.45. The molecule has 1 amide bonds. The van der Waals surface area contributed by atoms with Crippen LogP contribution < -0.4 is 5.32 Å². The fourth-order valence-corrected chi connectivity index (χ4v) is 2.96. The summed E-state index contributed by atoms with van der Waals surface area (Å²) in [6.07, 6.45) is 1.66. The van der Waals surface area contributed by atoms with Crippen LogP contribution in [0.4, 0.5) is 0 Å². The first kappa shape index (κ1) is 19.7. The molecule has 3 aromatic rings. The Balaban J connectivity index is 1.97. The van der Waals surface area contributed by atoms with Crippen molar-refractivity contribution in [2.45, 2.75) is 13.0 Å². The number of carbonyl (C=O) groups excluding carboxylic acids is 2. The fourth-order valence-electron chi connectivity index (χ4n) is 2.72. The largest absolute Gasteiger partial charge is 0.464 e. The Bertz CT molecular complexity index is 942. The molecule has 0 unspecified atom stereocenters. The first-order chi connectivity index (χ1) is 13.6. The standard InChI is InChI=1S/C21H21N3O3S/c1-2-27-21(26)18(14-28)22-20(25)17-13-24(16-11-7-4-8-12-16)23-19(17)15-9-5-3-6-10-15/h3-13,18,28H,2,14H2,1H3,(H,22,25)/t18-/m0/s1. The van der Waals surface area contributed by atoms with Gasteiger partial charge in [0.15, 0.2) is 0 Å². The van der Waals surface area contributed by atoms with Crippen LogP contribution in [0.5, 0.6) is 0 Å². The summed E-state index contributed by atoms with van der Waals surface area (Å²) >= 11 is 4.16. The quantitative estimate of drug-likeness (QED) is 0.476. The highest BCUT2D eigenvalue weighted by Crippen LogP contribution is 2.23. The topological polar surface area (TPSA) is 73.2 Å². The number of rotatable bonds is 7. The van der Waals surface area contributed by atoms with E-state index in [0.29, 0.717) is 11.3 Å². The first-order valence-corrected chi connectivity index (χ1v) is 9.56. The second kappa shape index (κ2) is 9.23. The number of nitrogens with one attached hydrogen (secondary N) is 1. The van der Waals surface area contributed by atoms with Gasteiger partial charge in [-0.05, 0) is 19.1 Å². The monoisotopic (exact) mass is 395 g/mol. The van der Waals surface area contributed by atoms with E-state index in [2.05, 4.69) is 23.0 Å². The van der Waals surface area contributed by atoms with Crippen LogP contribution in [-0.2, 0) is 9.53 Å². The van der Waals surface area contributed by atoms with Crippen molar-refractivity contribution in [2.24, 2.45) is 0 Å². The fraction of sp³-hybridized carbons (Fsp3) is 0.190. The average Bonchev–Trinajstić information content (AvgIpc) is 3.19. The number of ether oxygens (including phenoxy) is 1.